The minimum atomic E-state index is 0. The lowest BCUT2D eigenvalue weighted by molar-refractivity contribution is 0.284. The van der Waals surface area contributed by atoms with Gasteiger partial charge in [-0.15, -0.1) is 19.0 Å². The normalized spacial score (nSPS) is 9.96. The van der Waals surface area contributed by atoms with Gasteiger partial charge in [-0.2, -0.15) is 0 Å². The Bertz CT molecular complexity index is 677. The molecule has 0 heterocycles. The number of hydrogen-bond acceptors (Lipinski definition) is 3. The Morgan fingerprint density at radius 2 is 1.79 bits per heavy atom. The van der Waals surface area contributed by atoms with Crippen molar-refractivity contribution in [2.24, 2.45) is 0 Å². The molecule has 6 heteroatoms. The van der Waals surface area contributed by atoms with Crippen LogP contribution < -0.4 is 14.8 Å². The van der Waals surface area contributed by atoms with Gasteiger partial charge in [0.05, 0.1) is 17.2 Å². The highest BCUT2D eigenvalue weighted by Crippen LogP contribution is 2.29. The van der Waals surface area contributed by atoms with Crippen LogP contribution in [0.4, 0.5) is 0 Å². The van der Waals surface area contributed by atoms with E-state index in [1.807, 2.05) is 30.3 Å². The van der Waals surface area contributed by atoms with Gasteiger partial charge in [-0.05, 0) is 35.4 Å². The van der Waals surface area contributed by atoms with Crippen molar-refractivity contribution in [2.75, 3.05) is 13.7 Å². The average Bonchev–Trinajstić information content (AvgIpc) is 2.56. The van der Waals surface area contributed by atoms with Crippen molar-refractivity contribution in [1.29, 1.82) is 0 Å². The summed E-state index contributed by atoms with van der Waals surface area (Å²) < 4.78 is 11.2. The molecule has 0 aliphatic carbocycles. The van der Waals surface area contributed by atoms with E-state index in [1.165, 1.54) is 0 Å². The lowest BCUT2D eigenvalue weighted by Crippen LogP contribution is -2.12. The average molecular weight is 389 g/mol. The molecule has 0 bridgehead atoms. The Labute approximate surface area is 159 Å². The van der Waals surface area contributed by atoms with Gasteiger partial charge in [0.1, 0.15) is 6.61 Å². The first-order valence-electron chi connectivity index (χ1n) is 7.19. The number of ether oxygens (including phenoxy) is 2. The predicted molar refractivity (Wildman–Crippen MR) is 103 cm³/mol. The van der Waals surface area contributed by atoms with E-state index in [-0.39, 0.29) is 12.4 Å². The fraction of sp³-hybridized carbons (Fsp3) is 0.222. The van der Waals surface area contributed by atoms with Crippen LogP contribution >= 0.6 is 35.6 Å². The lowest BCUT2D eigenvalue weighted by atomic mass is 10.2. The molecule has 2 aromatic rings. The third kappa shape index (κ3) is 5.91. The smallest absolute Gasteiger partial charge is 0.161 e. The van der Waals surface area contributed by atoms with E-state index < -0.39 is 0 Å². The molecule has 24 heavy (non-hydrogen) atoms. The van der Waals surface area contributed by atoms with E-state index in [4.69, 9.17) is 32.7 Å². The number of nitrogens with one attached hydrogen (secondary N) is 1. The van der Waals surface area contributed by atoms with E-state index in [2.05, 4.69) is 11.9 Å². The fourth-order valence-electron chi connectivity index (χ4n) is 2.05. The van der Waals surface area contributed by atoms with Crippen molar-refractivity contribution >= 4 is 35.6 Å². The summed E-state index contributed by atoms with van der Waals surface area (Å²) in [5.74, 6) is 1.38. The van der Waals surface area contributed by atoms with Crippen LogP contribution in [-0.2, 0) is 13.2 Å². The van der Waals surface area contributed by atoms with Gasteiger partial charge in [0.2, 0.25) is 0 Å². The molecular formula is C18H20Cl3NO2. The summed E-state index contributed by atoms with van der Waals surface area (Å²) in [7, 11) is 1.63. The molecule has 2 aromatic carbocycles. The molecule has 130 valence electrons. The molecule has 0 aliphatic heterocycles. The molecule has 0 spiro atoms. The standard InChI is InChI=1S/C18H19Cl2NO2.ClH/c1-3-8-21-11-13-5-7-17(18(10-13)22-2)23-12-14-4-6-15(19)16(20)9-14;/h3-7,9-10,21H,1,8,11-12H2,2H3;1H. The van der Waals surface area contributed by atoms with Crippen LogP contribution in [-0.4, -0.2) is 13.7 Å². The zero-order valence-corrected chi connectivity index (χ0v) is 15.7. The van der Waals surface area contributed by atoms with Crippen LogP contribution in [0.25, 0.3) is 0 Å². The topological polar surface area (TPSA) is 30.5 Å². The Hall–Kier alpha value is -1.39. The minimum Gasteiger partial charge on any atom is -0.493 e. The summed E-state index contributed by atoms with van der Waals surface area (Å²) in [5, 5.41) is 4.30. The maximum Gasteiger partial charge on any atom is 0.161 e. The molecule has 0 aromatic heterocycles. The molecule has 0 unspecified atom stereocenters. The maximum absolute atomic E-state index is 6.01. The number of halogens is 3. The van der Waals surface area contributed by atoms with Gasteiger partial charge < -0.3 is 14.8 Å². The molecule has 0 aliphatic rings. The van der Waals surface area contributed by atoms with E-state index in [0.717, 1.165) is 24.2 Å². The summed E-state index contributed by atoms with van der Waals surface area (Å²) in [6, 6.07) is 11.3. The van der Waals surface area contributed by atoms with Crippen molar-refractivity contribution in [3.63, 3.8) is 0 Å². The number of methoxy groups -OCH3 is 1. The summed E-state index contributed by atoms with van der Waals surface area (Å²) in [6.45, 7) is 5.58. The van der Waals surface area contributed by atoms with E-state index in [0.29, 0.717) is 28.2 Å². The summed E-state index contributed by atoms with van der Waals surface area (Å²) in [6.07, 6.45) is 1.83. The molecule has 3 nitrogen and oxygen atoms in total. The van der Waals surface area contributed by atoms with Crippen molar-refractivity contribution in [3.8, 4) is 11.5 Å². The number of benzene rings is 2. The second-order valence-corrected chi connectivity index (χ2v) is 5.76. The molecule has 0 amide bonds. The monoisotopic (exact) mass is 387 g/mol. The third-order valence-corrected chi connectivity index (χ3v) is 3.96. The van der Waals surface area contributed by atoms with Gasteiger partial charge in [-0.1, -0.05) is 41.4 Å². The summed E-state index contributed by atoms with van der Waals surface area (Å²) in [4.78, 5) is 0. The molecule has 0 atom stereocenters. The van der Waals surface area contributed by atoms with Crippen molar-refractivity contribution in [3.05, 3.63) is 70.2 Å². The van der Waals surface area contributed by atoms with Gasteiger partial charge in [0.15, 0.2) is 11.5 Å². The van der Waals surface area contributed by atoms with Gasteiger partial charge >= 0.3 is 0 Å². The zero-order chi connectivity index (χ0) is 16.7. The Morgan fingerprint density at radius 3 is 2.46 bits per heavy atom. The van der Waals surface area contributed by atoms with Crippen molar-refractivity contribution in [1.82, 2.24) is 5.32 Å². The van der Waals surface area contributed by atoms with Crippen molar-refractivity contribution in [2.45, 2.75) is 13.2 Å². The van der Waals surface area contributed by atoms with E-state index >= 15 is 0 Å². The third-order valence-electron chi connectivity index (χ3n) is 3.22. The molecule has 0 fully saturated rings. The van der Waals surface area contributed by atoms with E-state index in [9.17, 15) is 0 Å². The number of hydrogen-bond donors (Lipinski definition) is 1. The molecular weight excluding hydrogens is 369 g/mol. The zero-order valence-electron chi connectivity index (χ0n) is 13.4. The summed E-state index contributed by atoms with van der Waals surface area (Å²) in [5.41, 5.74) is 2.06. The van der Waals surface area contributed by atoms with Crippen molar-refractivity contribution < 1.29 is 9.47 Å². The molecule has 0 radical (unpaired) electrons. The minimum absolute atomic E-state index is 0. The molecule has 1 N–H and O–H groups in total. The maximum atomic E-state index is 6.01. The van der Waals surface area contributed by atoms with Crippen LogP contribution in [0.5, 0.6) is 11.5 Å². The number of rotatable bonds is 8. The lowest BCUT2D eigenvalue weighted by Gasteiger charge is -2.13. The first kappa shape index (κ1) is 20.7. The van der Waals surface area contributed by atoms with Crippen LogP contribution in [0.2, 0.25) is 10.0 Å². The Morgan fingerprint density at radius 1 is 1.04 bits per heavy atom. The van der Waals surface area contributed by atoms with Gasteiger partial charge in [0, 0.05) is 13.1 Å². The Balaban J connectivity index is 0.00000288. The quantitative estimate of drug-likeness (QED) is 0.493. The van der Waals surface area contributed by atoms with E-state index in [1.54, 1.807) is 19.2 Å². The largest absolute Gasteiger partial charge is 0.493 e. The second-order valence-electron chi connectivity index (χ2n) is 4.94. The SMILES string of the molecule is C=CCNCc1ccc(OCc2ccc(Cl)c(Cl)c2)c(OC)c1.Cl. The van der Waals surface area contributed by atoms with Gasteiger partial charge in [-0.25, -0.2) is 0 Å². The van der Waals surface area contributed by atoms with Gasteiger partial charge in [-0.3, -0.25) is 0 Å². The highest BCUT2D eigenvalue weighted by Gasteiger charge is 2.07. The van der Waals surface area contributed by atoms with Crippen LogP contribution in [0.15, 0.2) is 49.1 Å². The summed E-state index contributed by atoms with van der Waals surface area (Å²) >= 11 is 11.9. The predicted octanol–water partition coefficient (Wildman–Crippen LogP) is 5.28. The van der Waals surface area contributed by atoms with Crippen LogP contribution in [0, 0.1) is 0 Å². The van der Waals surface area contributed by atoms with Crippen LogP contribution in [0.3, 0.4) is 0 Å². The highest BCUT2D eigenvalue weighted by molar-refractivity contribution is 6.42. The fourth-order valence-corrected chi connectivity index (χ4v) is 2.37. The second kappa shape index (κ2) is 10.5. The highest BCUT2D eigenvalue weighted by atomic mass is 35.5. The van der Waals surface area contributed by atoms with Crippen LogP contribution in [0.1, 0.15) is 11.1 Å². The van der Waals surface area contributed by atoms with Gasteiger partial charge in [0.25, 0.3) is 0 Å². The molecule has 0 saturated carbocycles. The molecule has 0 saturated heterocycles. The molecule has 2 rings (SSSR count). The Kier molecular flexibility index (Phi) is 9.01. The first-order chi connectivity index (χ1) is 11.1. The first-order valence-corrected chi connectivity index (χ1v) is 7.95.